The number of benzene rings is 2. The number of anilines is 1. The van der Waals surface area contributed by atoms with Crippen molar-refractivity contribution >= 4 is 11.6 Å². The number of halogens is 1. The van der Waals surface area contributed by atoms with Crippen LogP contribution in [0.3, 0.4) is 0 Å². The lowest BCUT2D eigenvalue weighted by atomic mass is 10.2. The fourth-order valence-corrected chi connectivity index (χ4v) is 2.49. The molecule has 1 heterocycles. The van der Waals surface area contributed by atoms with Gasteiger partial charge in [0.15, 0.2) is 17.5 Å². The molecule has 0 bridgehead atoms. The fourth-order valence-electron chi connectivity index (χ4n) is 2.49. The molecule has 0 aliphatic rings. The van der Waals surface area contributed by atoms with Gasteiger partial charge in [0.2, 0.25) is 5.88 Å². The molecule has 3 aromatic rings. The second kappa shape index (κ2) is 9.41. The number of ether oxygens (including phenoxy) is 3. The molecule has 2 aromatic carbocycles. The maximum atomic E-state index is 13.2. The molecule has 0 saturated carbocycles. The number of hydrogen-bond donors (Lipinski definition) is 2. The second-order valence-electron chi connectivity index (χ2n) is 5.96. The number of methoxy groups -OCH3 is 2. The predicted octanol–water partition coefficient (Wildman–Crippen LogP) is 3.96. The van der Waals surface area contributed by atoms with Crippen molar-refractivity contribution < 1.29 is 18.6 Å². The van der Waals surface area contributed by atoms with Gasteiger partial charge in [-0.25, -0.2) is 14.4 Å². The highest BCUT2D eigenvalue weighted by Gasteiger charge is 2.05. The van der Waals surface area contributed by atoms with Crippen LogP contribution in [0.1, 0.15) is 5.56 Å². The molecule has 1 aromatic heterocycles. The van der Waals surface area contributed by atoms with E-state index in [0.717, 1.165) is 11.3 Å². The van der Waals surface area contributed by atoms with Crippen LogP contribution in [0.2, 0.25) is 0 Å². The number of nitrogens with one attached hydrogen (secondary N) is 1. The zero-order valence-electron chi connectivity index (χ0n) is 16.1. The average Bonchev–Trinajstić information content (AvgIpc) is 2.73. The Bertz CT molecular complexity index is 993. The minimum atomic E-state index is -0.370. The second-order valence-corrected chi connectivity index (χ2v) is 5.96. The Balaban J connectivity index is 1.59. The number of rotatable bonds is 7. The number of aromatic nitrogens is 1. The van der Waals surface area contributed by atoms with E-state index < -0.39 is 0 Å². The molecule has 0 amide bonds. The lowest BCUT2D eigenvalue weighted by Crippen LogP contribution is -2.22. The number of pyridine rings is 1. The van der Waals surface area contributed by atoms with E-state index in [1.54, 1.807) is 50.7 Å². The Morgan fingerprint density at radius 1 is 1.07 bits per heavy atom. The summed E-state index contributed by atoms with van der Waals surface area (Å²) >= 11 is 0. The molecule has 0 saturated heterocycles. The van der Waals surface area contributed by atoms with Gasteiger partial charge in [0.1, 0.15) is 11.6 Å². The smallest absolute Gasteiger partial charge is 0.219 e. The number of guanidine groups is 1. The summed E-state index contributed by atoms with van der Waals surface area (Å²) in [5.41, 5.74) is 7.51. The SMILES string of the molecule is COc1ccc(NC(N)=NCc2ccc(Oc3cccc(F)c3)nc2)cc1OC. The molecular weight excluding hydrogens is 375 g/mol. The Kier molecular flexibility index (Phi) is 6.47. The third-order valence-electron chi connectivity index (χ3n) is 3.90. The maximum Gasteiger partial charge on any atom is 0.219 e. The molecule has 3 N–H and O–H groups in total. The molecule has 7 nitrogen and oxygen atoms in total. The molecule has 0 fully saturated rings. The first-order valence-corrected chi connectivity index (χ1v) is 8.74. The van der Waals surface area contributed by atoms with Gasteiger partial charge in [0.05, 0.1) is 20.8 Å². The third-order valence-corrected chi connectivity index (χ3v) is 3.90. The Hall–Kier alpha value is -3.81. The number of nitrogens with zero attached hydrogens (tertiary/aromatic N) is 2. The first-order valence-electron chi connectivity index (χ1n) is 8.74. The van der Waals surface area contributed by atoms with Gasteiger partial charge < -0.3 is 25.3 Å². The van der Waals surface area contributed by atoms with Crippen LogP contribution in [0.25, 0.3) is 0 Å². The van der Waals surface area contributed by atoms with E-state index in [1.165, 1.54) is 12.1 Å². The van der Waals surface area contributed by atoms with Gasteiger partial charge in [-0.3, -0.25) is 0 Å². The molecular formula is C21H21FN4O3. The van der Waals surface area contributed by atoms with Gasteiger partial charge in [-0.05, 0) is 29.8 Å². The topological polar surface area (TPSA) is 91.0 Å². The largest absolute Gasteiger partial charge is 0.493 e. The monoisotopic (exact) mass is 396 g/mol. The first kappa shape index (κ1) is 19.9. The van der Waals surface area contributed by atoms with Crippen molar-refractivity contribution in [3.05, 3.63) is 72.2 Å². The first-order chi connectivity index (χ1) is 14.1. The zero-order valence-corrected chi connectivity index (χ0v) is 16.1. The predicted molar refractivity (Wildman–Crippen MR) is 109 cm³/mol. The van der Waals surface area contributed by atoms with Crippen LogP contribution >= 0.6 is 0 Å². The van der Waals surface area contributed by atoms with Crippen LogP contribution < -0.4 is 25.3 Å². The van der Waals surface area contributed by atoms with E-state index in [9.17, 15) is 4.39 Å². The lowest BCUT2D eigenvalue weighted by Gasteiger charge is -2.11. The molecule has 0 radical (unpaired) electrons. The van der Waals surface area contributed by atoms with Gasteiger partial charge in [0.25, 0.3) is 0 Å². The zero-order chi connectivity index (χ0) is 20.6. The summed E-state index contributed by atoms with van der Waals surface area (Å²) in [4.78, 5) is 8.50. The van der Waals surface area contributed by atoms with Crippen LogP contribution in [0.4, 0.5) is 10.1 Å². The number of hydrogen-bond acceptors (Lipinski definition) is 5. The Morgan fingerprint density at radius 3 is 2.59 bits per heavy atom. The summed E-state index contributed by atoms with van der Waals surface area (Å²) in [5.74, 6) is 1.83. The summed E-state index contributed by atoms with van der Waals surface area (Å²) in [6, 6.07) is 14.7. The van der Waals surface area contributed by atoms with E-state index in [2.05, 4.69) is 15.3 Å². The molecule has 0 atom stereocenters. The van der Waals surface area contributed by atoms with Gasteiger partial charge in [-0.2, -0.15) is 0 Å². The molecule has 3 rings (SSSR count). The fraction of sp³-hybridized carbons (Fsp3) is 0.143. The summed E-state index contributed by atoms with van der Waals surface area (Å²) in [5, 5.41) is 3.00. The van der Waals surface area contributed by atoms with E-state index in [1.807, 2.05) is 12.1 Å². The molecule has 0 spiro atoms. The Labute approximate surface area is 168 Å². The molecule has 150 valence electrons. The molecule has 29 heavy (non-hydrogen) atoms. The highest BCUT2D eigenvalue weighted by molar-refractivity contribution is 5.92. The molecule has 0 unspecified atom stereocenters. The lowest BCUT2D eigenvalue weighted by molar-refractivity contribution is 0.355. The van der Waals surface area contributed by atoms with Gasteiger partial charge in [-0.15, -0.1) is 0 Å². The van der Waals surface area contributed by atoms with Gasteiger partial charge in [-0.1, -0.05) is 12.1 Å². The summed E-state index contributed by atoms with van der Waals surface area (Å²) in [6.07, 6.45) is 1.63. The van der Waals surface area contributed by atoms with Crippen molar-refractivity contribution in [3.63, 3.8) is 0 Å². The minimum Gasteiger partial charge on any atom is -0.493 e. The molecule has 8 heteroatoms. The Morgan fingerprint density at radius 2 is 1.90 bits per heavy atom. The van der Waals surface area contributed by atoms with Crippen LogP contribution in [0.5, 0.6) is 23.1 Å². The van der Waals surface area contributed by atoms with Crippen molar-refractivity contribution in [1.82, 2.24) is 4.98 Å². The van der Waals surface area contributed by atoms with Crippen LogP contribution in [-0.4, -0.2) is 25.2 Å². The van der Waals surface area contributed by atoms with Gasteiger partial charge >= 0.3 is 0 Å². The van der Waals surface area contributed by atoms with E-state index in [0.29, 0.717) is 29.7 Å². The highest BCUT2D eigenvalue weighted by Crippen LogP contribution is 2.29. The van der Waals surface area contributed by atoms with Crippen molar-refractivity contribution in [1.29, 1.82) is 0 Å². The quantitative estimate of drug-likeness (QED) is 0.464. The number of aliphatic imine (C=N–C) groups is 1. The summed E-state index contributed by atoms with van der Waals surface area (Å²) < 4.78 is 29.2. The highest BCUT2D eigenvalue weighted by atomic mass is 19.1. The van der Waals surface area contributed by atoms with E-state index >= 15 is 0 Å². The summed E-state index contributed by atoms with van der Waals surface area (Å²) in [7, 11) is 3.14. The van der Waals surface area contributed by atoms with Crippen molar-refractivity contribution in [2.75, 3.05) is 19.5 Å². The van der Waals surface area contributed by atoms with E-state index in [-0.39, 0.29) is 11.8 Å². The standard InChI is InChI=1S/C21H21FN4O3/c1-27-18-8-7-16(11-19(18)28-2)26-21(23)25-13-14-6-9-20(24-12-14)29-17-5-3-4-15(22)10-17/h3-12H,13H2,1-2H3,(H3,23,25,26). The normalized spacial score (nSPS) is 11.1. The van der Waals surface area contributed by atoms with Crippen molar-refractivity contribution in [2.24, 2.45) is 10.7 Å². The van der Waals surface area contributed by atoms with Crippen LogP contribution in [0, 0.1) is 5.82 Å². The van der Waals surface area contributed by atoms with Crippen molar-refractivity contribution in [3.8, 4) is 23.1 Å². The third kappa shape index (κ3) is 5.58. The maximum absolute atomic E-state index is 13.2. The molecule has 0 aliphatic carbocycles. The summed E-state index contributed by atoms with van der Waals surface area (Å²) in [6.45, 7) is 0.333. The number of nitrogens with two attached hydrogens (primary N) is 1. The van der Waals surface area contributed by atoms with Crippen LogP contribution in [0.15, 0.2) is 65.8 Å². The van der Waals surface area contributed by atoms with Crippen LogP contribution in [-0.2, 0) is 6.54 Å². The van der Waals surface area contributed by atoms with Gasteiger partial charge in [0, 0.05) is 30.1 Å². The van der Waals surface area contributed by atoms with E-state index in [4.69, 9.17) is 19.9 Å². The van der Waals surface area contributed by atoms with Crippen molar-refractivity contribution in [2.45, 2.75) is 6.54 Å². The average molecular weight is 396 g/mol. The minimum absolute atomic E-state index is 0.248. The molecule has 0 aliphatic heterocycles.